The molecular weight excluding hydrogens is 286 g/mol. The first-order valence-electron chi connectivity index (χ1n) is 7.43. The minimum atomic E-state index is -1.04. The van der Waals surface area contributed by atoms with E-state index in [9.17, 15) is 14.7 Å². The van der Waals surface area contributed by atoms with Crippen LogP contribution in [0.5, 0.6) is 0 Å². The third-order valence-electron chi connectivity index (χ3n) is 3.71. The molecule has 1 saturated heterocycles. The van der Waals surface area contributed by atoms with Crippen LogP contribution in [0.2, 0.25) is 0 Å². The third kappa shape index (κ3) is 5.37. The first kappa shape index (κ1) is 16.3. The van der Waals surface area contributed by atoms with Crippen molar-refractivity contribution in [1.82, 2.24) is 5.32 Å². The summed E-state index contributed by atoms with van der Waals surface area (Å²) in [6.45, 7) is 1.42. The highest BCUT2D eigenvalue weighted by Gasteiger charge is 2.26. The molecule has 0 bridgehead atoms. The quantitative estimate of drug-likeness (QED) is 0.841. The Kier molecular flexibility index (Phi) is 6.21. The number of carboxylic acid groups (broad SMARTS) is 1. The summed E-state index contributed by atoms with van der Waals surface area (Å²) < 4.78 is 10.3. The largest absolute Gasteiger partial charge is 0.480 e. The van der Waals surface area contributed by atoms with Gasteiger partial charge in [-0.25, -0.2) is 9.59 Å². The number of amides is 1. The first-order valence-corrected chi connectivity index (χ1v) is 7.43. The average Bonchev–Trinajstić information content (AvgIpc) is 2.54. The lowest BCUT2D eigenvalue weighted by Crippen LogP contribution is -2.42. The van der Waals surface area contributed by atoms with Gasteiger partial charge in [-0.2, -0.15) is 0 Å². The zero-order valence-electron chi connectivity index (χ0n) is 12.4. The summed E-state index contributed by atoms with van der Waals surface area (Å²) in [5, 5.41) is 11.7. The lowest BCUT2D eigenvalue weighted by Gasteiger charge is -2.25. The number of benzene rings is 1. The molecule has 0 saturated carbocycles. The molecule has 0 aliphatic carbocycles. The van der Waals surface area contributed by atoms with Gasteiger partial charge in [0.05, 0.1) is 0 Å². The fourth-order valence-electron chi connectivity index (χ4n) is 2.44. The van der Waals surface area contributed by atoms with Gasteiger partial charge in [-0.3, -0.25) is 0 Å². The number of hydrogen-bond donors (Lipinski definition) is 2. The van der Waals surface area contributed by atoms with Crippen molar-refractivity contribution in [2.24, 2.45) is 5.92 Å². The Balaban J connectivity index is 1.79. The predicted molar refractivity (Wildman–Crippen MR) is 79.3 cm³/mol. The van der Waals surface area contributed by atoms with E-state index in [1.807, 2.05) is 30.3 Å². The summed E-state index contributed by atoms with van der Waals surface area (Å²) in [4.78, 5) is 23.0. The molecule has 1 aromatic rings. The summed E-state index contributed by atoms with van der Waals surface area (Å²) in [6.07, 6.45) is 1.34. The van der Waals surface area contributed by atoms with Crippen LogP contribution in [0.3, 0.4) is 0 Å². The summed E-state index contributed by atoms with van der Waals surface area (Å²) >= 11 is 0. The molecule has 1 atom stereocenters. The summed E-state index contributed by atoms with van der Waals surface area (Å²) in [7, 11) is 0. The number of nitrogens with one attached hydrogen (secondary N) is 1. The van der Waals surface area contributed by atoms with Crippen LogP contribution in [-0.2, 0) is 20.9 Å². The van der Waals surface area contributed by atoms with Crippen molar-refractivity contribution in [1.29, 1.82) is 0 Å². The second-order valence-electron chi connectivity index (χ2n) is 5.39. The fourth-order valence-corrected chi connectivity index (χ4v) is 2.44. The highest BCUT2D eigenvalue weighted by molar-refractivity contribution is 5.79. The topological polar surface area (TPSA) is 84.9 Å². The Labute approximate surface area is 129 Å². The molecule has 1 aromatic carbocycles. The number of aliphatic carboxylic acids is 1. The van der Waals surface area contributed by atoms with E-state index in [0.717, 1.165) is 18.4 Å². The Morgan fingerprint density at radius 1 is 1.27 bits per heavy atom. The van der Waals surface area contributed by atoms with Gasteiger partial charge in [0.15, 0.2) is 0 Å². The number of rotatable bonds is 6. The van der Waals surface area contributed by atoms with E-state index in [1.165, 1.54) is 0 Å². The molecule has 0 spiro atoms. The normalized spacial score (nSPS) is 16.7. The predicted octanol–water partition coefficient (Wildman–Crippen LogP) is 2.18. The molecule has 2 N–H and O–H groups in total. The van der Waals surface area contributed by atoms with Crippen LogP contribution in [0, 0.1) is 5.92 Å². The average molecular weight is 307 g/mol. The highest BCUT2D eigenvalue weighted by Crippen LogP contribution is 2.20. The number of hydrogen-bond acceptors (Lipinski definition) is 4. The van der Waals surface area contributed by atoms with Gasteiger partial charge in [0.25, 0.3) is 0 Å². The fraction of sp³-hybridized carbons (Fsp3) is 0.500. The monoisotopic (exact) mass is 307 g/mol. The molecule has 1 fully saturated rings. The molecule has 1 heterocycles. The smallest absolute Gasteiger partial charge is 0.408 e. The number of ether oxygens (including phenoxy) is 2. The van der Waals surface area contributed by atoms with Gasteiger partial charge in [-0.15, -0.1) is 0 Å². The maximum absolute atomic E-state index is 11.8. The Bertz CT molecular complexity index is 485. The minimum Gasteiger partial charge on any atom is -0.480 e. The molecule has 1 amide bonds. The van der Waals surface area contributed by atoms with E-state index in [0.29, 0.717) is 19.6 Å². The summed E-state index contributed by atoms with van der Waals surface area (Å²) in [6, 6.07) is 8.32. The first-order chi connectivity index (χ1) is 10.6. The van der Waals surface area contributed by atoms with Crippen LogP contribution >= 0.6 is 0 Å². The van der Waals surface area contributed by atoms with Crippen molar-refractivity contribution in [2.45, 2.75) is 31.9 Å². The lowest BCUT2D eigenvalue weighted by molar-refractivity contribution is -0.140. The van der Waals surface area contributed by atoms with Crippen LogP contribution in [0.1, 0.15) is 24.8 Å². The molecule has 1 aliphatic rings. The molecule has 1 aliphatic heterocycles. The Morgan fingerprint density at radius 2 is 1.95 bits per heavy atom. The van der Waals surface area contributed by atoms with E-state index < -0.39 is 18.1 Å². The molecule has 0 radical (unpaired) electrons. The van der Waals surface area contributed by atoms with Crippen LogP contribution in [-0.4, -0.2) is 36.4 Å². The molecule has 0 aromatic heterocycles. The van der Waals surface area contributed by atoms with Gasteiger partial charge < -0.3 is 19.9 Å². The molecule has 22 heavy (non-hydrogen) atoms. The van der Waals surface area contributed by atoms with Crippen molar-refractivity contribution in [3.8, 4) is 0 Å². The Morgan fingerprint density at radius 3 is 2.59 bits per heavy atom. The van der Waals surface area contributed by atoms with Gasteiger partial charge in [0.2, 0.25) is 0 Å². The van der Waals surface area contributed by atoms with Gasteiger partial charge in [0.1, 0.15) is 12.6 Å². The van der Waals surface area contributed by atoms with E-state index in [2.05, 4.69) is 5.32 Å². The zero-order valence-corrected chi connectivity index (χ0v) is 12.4. The highest BCUT2D eigenvalue weighted by atomic mass is 16.5. The molecule has 6 heteroatoms. The van der Waals surface area contributed by atoms with Crippen LogP contribution < -0.4 is 5.32 Å². The second kappa shape index (κ2) is 8.38. The summed E-state index contributed by atoms with van der Waals surface area (Å²) in [5.74, 6) is -0.785. The van der Waals surface area contributed by atoms with E-state index in [4.69, 9.17) is 9.47 Å². The number of carboxylic acids is 1. The van der Waals surface area contributed by atoms with Crippen molar-refractivity contribution in [2.75, 3.05) is 13.2 Å². The maximum Gasteiger partial charge on any atom is 0.408 e. The maximum atomic E-state index is 11.8. The van der Waals surface area contributed by atoms with Crippen molar-refractivity contribution in [3.63, 3.8) is 0 Å². The molecular formula is C16H21NO5. The van der Waals surface area contributed by atoms with E-state index in [-0.39, 0.29) is 12.5 Å². The molecule has 120 valence electrons. The second-order valence-corrected chi connectivity index (χ2v) is 5.39. The SMILES string of the molecule is O=C(NC(CC1CCOCC1)C(=O)O)OCc1ccccc1. The van der Waals surface area contributed by atoms with E-state index in [1.54, 1.807) is 0 Å². The Hall–Kier alpha value is -2.08. The van der Waals surface area contributed by atoms with Crippen LogP contribution in [0.25, 0.3) is 0 Å². The molecule has 1 unspecified atom stereocenters. The van der Waals surface area contributed by atoms with Crippen LogP contribution in [0.4, 0.5) is 4.79 Å². The van der Waals surface area contributed by atoms with Gasteiger partial charge in [-0.05, 0) is 30.7 Å². The number of carbonyl (C=O) groups is 2. The standard InChI is InChI=1S/C16H21NO5/c18-15(19)14(10-12-6-8-21-9-7-12)17-16(20)22-11-13-4-2-1-3-5-13/h1-5,12,14H,6-11H2,(H,17,20)(H,18,19). The summed E-state index contributed by atoms with van der Waals surface area (Å²) in [5.41, 5.74) is 0.856. The lowest BCUT2D eigenvalue weighted by atomic mass is 9.92. The minimum absolute atomic E-state index is 0.121. The van der Waals surface area contributed by atoms with Crippen molar-refractivity contribution in [3.05, 3.63) is 35.9 Å². The van der Waals surface area contributed by atoms with Gasteiger partial charge in [0, 0.05) is 13.2 Å². The van der Waals surface area contributed by atoms with Gasteiger partial charge in [-0.1, -0.05) is 30.3 Å². The third-order valence-corrected chi connectivity index (χ3v) is 3.71. The van der Waals surface area contributed by atoms with Crippen LogP contribution in [0.15, 0.2) is 30.3 Å². The van der Waals surface area contributed by atoms with Gasteiger partial charge >= 0.3 is 12.1 Å². The molecule has 2 rings (SSSR count). The van der Waals surface area contributed by atoms with E-state index >= 15 is 0 Å². The molecule has 6 nitrogen and oxygen atoms in total. The zero-order chi connectivity index (χ0) is 15.8. The van der Waals surface area contributed by atoms with Crippen molar-refractivity contribution >= 4 is 12.1 Å². The number of carbonyl (C=O) groups excluding carboxylic acids is 1. The number of alkyl carbamates (subject to hydrolysis) is 1. The van der Waals surface area contributed by atoms with Crippen molar-refractivity contribution < 1.29 is 24.2 Å².